The predicted octanol–water partition coefficient (Wildman–Crippen LogP) is 4.86. The molecule has 3 amide bonds. The van der Waals surface area contributed by atoms with Crippen molar-refractivity contribution in [2.24, 2.45) is 0 Å². The minimum absolute atomic E-state index is 0.000769. The van der Waals surface area contributed by atoms with Crippen LogP contribution in [0, 0.1) is 0 Å². The number of carbonyl (C=O) groups is 4. The quantitative estimate of drug-likeness (QED) is 0.201. The number of esters is 1. The fraction of sp³-hybridized carbons (Fsp3) is 0.543. The number of ether oxygens (including phenoxy) is 7. The molecule has 0 aliphatic carbocycles. The van der Waals surface area contributed by atoms with Gasteiger partial charge < -0.3 is 49.1 Å². The average Bonchev–Trinajstić information content (AvgIpc) is 3.60. The summed E-state index contributed by atoms with van der Waals surface area (Å²) in [7, 11) is 1.22. The molecule has 2 saturated heterocycles. The molecule has 0 saturated carbocycles. The maximum absolute atomic E-state index is 13.1. The molecule has 3 N–H and O–H groups in total. The lowest BCUT2D eigenvalue weighted by Crippen LogP contribution is -2.53. The van der Waals surface area contributed by atoms with Crippen molar-refractivity contribution >= 4 is 24.1 Å². The summed E-state index contributed by atoms with van der Waals surface area (Å²) in [5.74, 6) is -1.09. The van der Waals surface area contributed by atoms with Gasteiger partial charge in [-0.3, -0.25) is 4.79 Å². The van der Waals surface area contributed by atoms with Crippen molar-refractivity contribution in [3.05, 3.63) is 59.2 Å². The van der Waals surface area contributed by atoms with Gasteiger partial charge in [-0.15, -0.1) is 0 Å². The van der Waals surface area contributed by atoms with Gasteiger partial charge in [-0.25, -0.2) is 14.4 Å². The molecule has 1 spiro atoms. The molecular formula is C35H42F3N3O11. The summed E-state index contributed by atoms with van der Waals surface area (Å²) >= 11 is 0. The van der Waals surface area contributed by atoms with Crippen molar-refractivity contribution < 1.29 is 65.5 Å². The van der Waals surface area contributed by atoms with Crippen LogP contribution in [0.2, 0.25) is 0 Å². The summed E-state index contributed by atoms with van der Waals surface area (Å²) in [5.41, 5.74) is 0.129. The van der Waals surface area contributed by atoms with E-state index in [-0.39, 0.29) is 57.7 Å². The first kappa shape index (κ1) is 38.5. The number of carbonyl (C=O) groups excluding carboxylic acids is 4. The fourth-order valence-electron chi connectivity index (χ4n) is 6.35. The summed E-state index contributed by atoms with van der Waals surface area (Å²) in [6, 6.07) is 9.10. The van der Waals surface area contributed by atoms with Crippen LogP contribution in [-0.2, 0) is 52.5 Å². The molecule has 0 radical (unpaired) electrons. The van der Waals surface area contributed by atoms with Crippen molar-refractivity contribution in [1.82, 2.24) is 16.0 Å². The molecular weight excluding hydrogens is 695 g/mol. The third kappa shape index (κ3) is 10.6. The highest BCUT2D eigenvalue weighted by Crippen LogP contribution is 2.41. The summed E-state index contributed by atoms with van der Waals surface area (Å²) in [4.78, 5) is 49.8. The largest absolute Gasteiger partial charge is 0.467 e. The fourth-order valence-corrected chi connectivity index (χ4v) is 6.35. The maximum Gasteiger partial charge on any atom is 0.416 e. The Kier molecular flexibility index (Phi) is 12.7. The molecule has 14 nitrogen and oxygen atoms in total. The summed E-state index contributed by atoms with van der Waals surface area (Å²) < 4.78 is 78.7. The van der Waals surface area contributed by atoms with Crippen molar-refractivity contribution in [3.8, 4) is 11.5 Å². The van der Waals surface area contributed by atoms with Crippen molar-refractivity contribution in [3.63, 3.8) is 0 Å². The normalized spacial score (nSPS) is 22.9. The Morgan fingerprint density at radius 1 is 1.00 bits per heavy atom. The van der Waals surface area contributed by atoms with Crippen LogP contribution in [-0.4, -0.2) is 74.7 Å². The van der Waals surface area contributed by atoms with Crippen molar-refractivity contribution in [2.45, 2.75) is 101 Å². The van der Waals surface area contributed by atoms with Crippen molar-refractivity contribution in [1.29, 1.82) is 0 Å². The lowest BCUT2D eigenvalue weighted by Gasteiger charge is -2.47. The van der Waals surface area contributed by atoms with Gasteiger partial charge in [0.1, 0.15) is 18.8 Å². The van der Waals surface area contributed by atoms with E-state index in [9.17, 15) is 32.3 Å². The second kappa shape index (κ2) is 17.2. The highest BCUT2D eigenvalue weighted by atomic mass is 19.4. The average molecular weight is 738 g/mol. The summed E-state index contributed by atoms with van der Waals surface area (Å²) in [6.45, 7) is 1.36. The van der Waals surface area contributed by atoms with Crippen LogP contribution in [0.1, 0.15) is 68.6 Å². The van der Waals surface area contributed by atoms with Gasteiger partial charge in [0, 0.05) is 44.3 Å². The Labute approximate surface area is 297 Å². The second-order valence-corrected chi connectivity index (χ2v) is 12.8. The van der Waals surface area contributed by atoms with Crippen LogP contribution >= 0.6 is 0 Å². The van der Waals surface area contributed by atoms with Gasteiger partial charge in [0.05, 0.1) is 24.9 Å². The van der Waals surface area contributed by atoms with E-state index in [1.807, 2.05) is 0 Å². The Morgan fingerprint density at radius 2 is 1.77 bits per heavy atom. The van der Waals surface area contributed by atoms with Crippen LogP contribution in [0.25, 0.3) is 0 Å². The Morgan fingerprint density at radius 3 is 2.56 bits per heavy atom. The minimum Gasteiger partial charge on any atom is -0.467 e. The first-order valence-corrected chi connectivity index (χ1v) is 16.9. The maximum atomic E-state index is 13.1. The number of halogens is 3. The number of fused-ring (bicyclic) bond motifs is 1. The van der Waals surface area contributed by atoms with Crippen LogP contribution in [0.4, 0.5) is 22.8 Å². The van der Waals surface area contributed by atoms with Gasteiger partial charge in [-0.2, -0.15) is 13.2 Å². The standard InChI is InChI=1S/C35H42F3N3O11/c1-21(31(43)46-2)41-29(42)12-11-25-15-27(50-33(45)40-18-23-7-4-10-28-30(23)49-20-48-28)16-34(51-25)13-5-9-26(52-34)19-47-32(44)39-17-22-6-3-8-24(14-22)35(36,37)38/h3-4,6-8,10,14,21,25-27H,5,9,11-13,15-20H2,1-2H3,(H,39,44)(H,40,45)(H,41,42)/t21-,25+,26+,27+,34-/m0/s1. The van der Waals surface area contributed by atoms with Gasteiger partial charge in [0.15, 0.2) is 17.3 Å². The molecule has 17 heteroatoms. The van der Waals surface area contributed by atoms with E-state index in [0.717, 1.165) is 12.1 Å². The molecule has 5 atom stereocenters. The van der Waals surface area contributed by atoms with Crippen LogP contribution in [0.3, 0.4) is 0 Å². The molecule has 0 bridgehead atoms. The Bertz CT molecular complexity index is 1590. The van der Waals surface area contributed by atoms with E-state index in [1.165, 1.54) is 26.2 Å². The zero-order valence-electron chi connectivity index (χ0n) is 28.8. The molecule has 3 heterocycles. The topological polar surface area (TPSA) is 169 Å². The van der Waals surface area contributed by atoms with E-state index < -0.39 is 65.9 Å². The molecule has 3 aliphatic heterocycles. The Hall–Kier alpha value is -4.77. The predicted molar refractivity (Wildman–Crippen MR) is 174 cm³/mol. The number of hydrogen-bond donors (Lipinski definition) is 3. The third-order valence-corrected chi connectivity index (χ3v) is 8.80. The highest BCUT2D eigenvalue weighted by molar-refractivity contribution is 5.84. The first-order valence-electron chi connectivity index (χ1n) is 16.9. The molecule has 2 aromatic rings. The zero-order chi connectivity index (χ0) is 37.3. The van der Waals surface area contributed by atoms with Crippen molar-refractivity contribution in [2.75, 3.05) is 20.5 Å². The van der Waals surface area contributed by atoms with Gasteiger partial charge in [0.2, 0.25) is 12.7 Å². The van der Waals surface area contributed by atoms with Crippen LogP contribution in [0.15, 0.2) is 42.5 Å². The Balaban J connectivity index is 1.18. The lowest BCUT2D eigenvalue weighted by molar-refractivity contribution is -0.329. The zero-order valence-corrected chi connectivity index (χ0v) is 28.8. The number of methoxy groups -OCH3 is 1. The molecule has 3 aliphatic rings. The smallest absolute Gasteiger partial charge is 0.416 e. The third-order valence-electron chi connectivity index (χ3n) is 8.80. The number of rotatable bonds is 12. The van der Waals surface area contributed by atoms with Gasteiger partial charge in [-0.05, 0) is 49.9 Å². The number of nitrogens with one attached hydrogen (secondary N) is 3. The number of amides is 3. The molecule has 52 heavy (non-hydrogen) atoms. The minimum atomic E-state index is -4.51. The van der Waals surface area contributed by atoms with Gasteiger partial charge in [0.25, 0.3) is 0 Å². The molecule has 5 rings (SSSR count). The van der Waals surface area contributed by atoms with E-state index in [1.54, 1.807) is 18.2 Å². The molecule has 0 aromatic heterocycles. The SMILES string of the molecule is COC(=O)[C@H](C)NC(=O)CC[C@@H]1C[C@@H](OC(=O)NCc2cccc3c2OCO3)C[C@@]2(CCC[C@H](COC(=O)NCc3cccc(C(F)(F)F)c3)O2)O1. The molecule has 0 unspecified atom stereocenters. The van der Waals surface area contributed by atoms with E-state index in [2.05, 4.69) is 20.7 Å². The molecule has 2 fully saturated rings. The number of alkyl carbamates (subject to hydrolysis) is 2. The monoisotopic (exact) mass is 737 g/mol. The summed E-state index contributed by atoms with van der Waals surface area (Å²) in [5, 5.41) is 7.77. The molecule has 284 valence electrons. The first-order chi connectivity index (χ1) is 24.8. The number of benzene rings is 2. The number of para-hydroxylation sites is 1. The second-order valence-electron chi connectivity index (χ2n) is 12.8. The molecule has 2 aromatic carbocycles. The van der Waals surface area contributed by atoms with E-state index in [4.69, 9.17) is 28.4 Å². The highest BCUT2D eigenvalue weighted by Gasteiger charge is 2.47. The van der Waals surface area contributed by atoms with Crippen LogP contribution < -0.4 is 25.4 Å². The van der Waals surface area contributed by atoms with Gasteiger partial charge >= 0.3 is 24.3 Å². The number of alkyl halides is 3. The van der Waals surface area contributed by atoms with Crippen LogP contribution in [0.5, 0.6) is 11.5 Å². The lowest BCUT2D eigenvalue weighted by atomic mass is 9.90. The van der Waals surface area contributed by atoms with Gasteiger partial charge in [-0.1, -0.05) is 24.3 Å². The summed E-state index contributed by atoms with van der Waals surface area (Å²) in [6.07, 6.45) is -5.68. The van der Waals surface area contributed by atoms with E-state index >= 15 is 0 Å². The number of hydrogen-bond acceptors (Lipinski definition) is 11. The van der Waals surface area contributed by atoms with E-state index in [0.29, 0.717) is 36.3 Å².